The minimum absolute atomic E-state index is 0.158. The van der Waals surface area contributed by atoms with Gasteiger partial charge >= 0.3 is 0 Å². The Morgan fingerprint density at radius 2 is 1.93 bits per heavy atom. The fraction of sp³-hybridized carbons (Fsp3) is 0.143. The fourth-order valence-electron chi connectivity index (χ4n) is 2.90. The lowest BCUT2D eigenvalue weighted by atomic mass is 10.2. The van der Waals surface area contributed by atoms with Gasteiger partial charge in [-0.15, -0.1) is 0 Å². The van der Waals surface area contributed by atoms with Crippen LogP contribution in [0.1, 0.15) is 17.0 Å². The number of rotatable bonds is 6. The zero-order chi connectivity index (χ0) is 20.2. The smallest absolute Gasteiger partial charge is 0.257 e. The van der Waals surface area contributed by atoms with Gasteiger partial charge in [-0.25, -0.2) is 15.1 Å². The second kappa shape index (κ2) is 8.32. The van der Waals surface area contributed by atoms with E-state index in [1.54, 1.807) is 6.21 Å². The Bertz CT molecular complexity index is 1150. The number of nitrogens with zero attached hydrogens (tertiary/aromatic N) is 4. The van der Waals surface area contributed by atoms with E-state index in [0.29, 0.717) is 10.8 Å². The van der Waals surface area contributed by atoms with E-state index >= 15 is 0 Å². The molecule has 0 saturated carbocycles. The van der Waals surface area contributed by atoms with E-state index < -0.39 is 0 Å². The Morgan fingerprint density at radius 1 is 1.17 bits per heavy atom. The van der Waals surface area contributed by atoms with E-state index in [9.17, 15) is 4.79 Å². The van der Waals surface area contributed by atoms with Crippen LogP contribution in [0.5, 0.6) is 0 Å². The van der Waals surface area contributed by atoms with Gasteiger partial charge in [-0.1, -0.05) is 42.1 Å². The molecule has 29 heavy (non-hydrogen) atoms. The Kier molecular flexibility index (Phi) is 5.44. The Morgan fingerprint density at radius 3 is 2.72 bits per heavy atom. The second-order valence-electron chi connectivity index (χ2n) is 6.36. The van der Waals surface area contributed by atoms with Crippen molar-refractivity contribution in [3.63, 3.8) is 0 Å². The molecule has 8 heteroatoms. The molecule has 2 heterocycles. The summed E-state index contributed by atoms with van der Waals surface area (Å²) in [6.45, 7) is 3.89. The summed E-state index contributed by atoms with van der Waals surface area (Å²) in [7, 11) is 0. The van der Waals surface area contributed by atoms with E-state index in [-0.39, 0.29) is 11.7 Å². The Balaban J connectivity index is 1.37. The minimum atomic E-state index is -0.237. The van der Waals surface area contributed by atoms with Crippen LogP contribution in [0.25, 0.3) is 16.8 Å². The Hall–Kier alpha value is -3.39. The van der Waals surface area contributed by atoms with E-state index in [1.165, 1.54) is 11.8 Å². The number of fused-ring (bicyclic) bond motifs is 1. The van der Waals surface area contributed by atoms with Crippen LogP contribution in [0.15, 0.2) is 69.3 Å². The molecule has 146 valence electrons. The number of carbonyl (C=O) groups is 1. The lowest BCUT2D eigenvalue weighted by Crippen LogP contribution is -2.19. The van der Waals surface area contributed by atoms with Crippen molar-refractivity contribution >= 4 is 35.0 Å². The molecule has 0 bridgehead atoms. The van der Waals surface area contributed by atoms with Crippen molar-refractivity contribution < 1.29 is 9.21 Å². The predicted molar refractivity (Wildman–Crippen MR) is 114 cm³/mol. The van der Waals surface area contributed by atoms with Crippen molar-refractivity contribution in [3.8, 4) is 5.69 Å². The molecule has 2 aromatic heterocycles. The third kappa shape index (κ3) is 4.22. The number of hydrogen-bond acceptors (Lipinski definition) is 6. The molecule has 0 aliphatic carbocycles. The molecule has 0 atom stereocenters. The molecule has 4 rings (SSSR count). The average molecular weight is 405 g/mol. The van der Waals surface area contributed by atoms with Crippen LogP contribution in [-0.4, -0.2) is 32.6 Å². The number of aryl methyl sites for hydroxylation is 1. The van der Waals surface area contributed by atoms with Crippen molar-refractivity contribution in [2.75, 3.05) is 5.75 Å². The summed E-state index contributed by atoms with van der Waals surface area (Å²) in [6, 6.07) is 17.4. The molecular weight excluding hydrogens is 386 g/mol. The first-order valence-electron chi connectivity index (χ1n) is 9.04. The van der Waals surface area contributed by atoms with Crippen molar-refractivity contribution in [1.29, 1.82) is 0 Å². The lowest BCUT2D eigenvalue weighted by molar-refractivity contribution is -0.118. The lowest BCUT2D eigenvalue weighted by Gasteiger charge is -2.03. The van der Waals surface area contributed by atoms with Crippen molar-refractivity contribution in [1.82, 2.24) is 20.2 Å². The van der Waals surface area contributed by atoms with Crippen LogP contribution in [0.4, 0.5) is 0 Å². The number of thioether (sulfide) groups is 1. The summed E-state index contributed by atoms with van der Waals surface area (Å²) < 4.78 is 7.45. The summed E-state index contributed by atoms with van der Waals surface area (Å²) >= 11 is 1.23. The topological polar surface area (TPSA) is 85.3 Å². The fourth-order valence-corrected chi connectivity index (χ4v) is 3.53. The van der Waals surface area contributed by atoms with Gasteiger partial charge in [0.2, 0.25) is 0 Å². The van der Waals surface area contributed by atoms with Gasteiger partial charge < -0.3 is 4.42 Å². The van der Waals surface area contributed by atoms with E-state index in [1.807, 2.05) is 73.1 Å². The van der Waals surface area contributed by atoms with Crippen LogP contribution in [0.2, 0.25) is 0 Å². The minimum Gasteiger partial charge on any atom is -0.431 e. The summed E-state index contributed by atoms with van der Waals surface area (Å²) in [5, 5.41) is 9.11. The van der Waals surface area contributed by atoms with Gasteiger partial charge in [0.1, 0.15) is 5.52 Å². The summed E-state index contributed by atoms with van der Waals surface area (Å²) in [5.41, 5.74) is 7.66. The zero-order valence-electron chi connectivity index (χ0n) is 16.0. The van der Waals surface area contributed by atoms with Crippen molar-refractivity contribution in [2.45, 2.75) is 19.1 Å². The highest BCUT2D eigenvalue weighted by Gasteiger charge is 2.12. The highest BCUT2D eigenvalue weighted by Crippen LogP contribution is 2.22. The Labute approximate surface area is 171 Å². The number of aromatic nitrogens is 3. The number of para-hydroxylation sites is 3. The van der Waals surface area contributed by atoms with Gasteiger partial charge in [0.05, 0.1) is 29.0 Å². The molecule has 0 radical (unpaired) electrons. The second-order valence-corrected chi connectivity index (χ2v) is 7.29. The maximum atomic E-state index is 12.1. The third-order valence-electron chi connectivity index (χ3n) is 4.33. The van der Waals surface area contributed by atoms with Gasteiger partial charge in [-0.05, 0) is 38.1 Å². The molecule has 0 aliphatic heterocycles. The standard InChI is InChI=1S/C21H19N5O2S/c1-14-17(15(2)26(25-14)16-8-4-3-5-9-16)12-22-24-20(27)13-29-21-23-18-10-6-7-11-19(18)28-21/h3-12H,13H2,1-2H3,(H,24,27)/b22-12+. The number of oxazole rings is 1. The van der Waals surface area contributed by atoms with Crippen LogP contribution in [-0.2, 0) is 4.79 Å². The summed E-state index contributed by atoms with van der Waals surface area (Å²) in [6.07, 6.45) is 1.62. The number of carbonyl (C=O) groups excluding carboxylic acids is 1. The summed E-state index contributed by atoms with van der Waals surface area (Å²) in [4.78, 5) is 16.4. The van der Waals surface area contributed by atoms with Gasteiger partial charge in [-0.2, -0.15) is 10.2 Å². The molecule has 1 amide bonds. The molecule has 2 aromatic carbocycles. The molecule has 0 fully saturated rings. The highest BCUT2D eigenvalue weighted by atomic mass is 32.2. The van der Waals surface area contributed by atoms with E-state index in [4.69, 9.17) is 4.42 Å². The quantitative estimate of drug-likeness (QED) is 0.299. The number of hydrazone groups is 1. The first kappa shape index (κ1) is 18.9. The monoisotopic (exact) mass is 405 g/mol. The SMILES string of the molecule is Cc1nn(-c2ccccc2)c(C)c1/C=N/NC(=O)CSc1nc2ccccc2o1. The normalized spacial score (nSPS) is 11.4. The molecule has 1 N–H and O–H groups in total. The maximum Gasteiger partial charge on any atom is 0.257 e. The van der Waals surface area contributed by atoms with Crippen LogP contribution in [0, 0.1) is 13.8 Å². The molecule has 0 spiro atoms. The average Bonchev–Trinajstić information content (AvgIpc) is 3.28. The first-order valence-corrected chi connectivity index (χ1v) is 10.0. The van der Waals surface area contributed by atoms with E-state index in [2.05, 4.69) is 20.6 Å². The molecular formula is C21H19N5O2S. The third-order valence-corrected chi connectivity index (χ3v) is 5.16. The largest absolute Gasteiger partial charge is 0.431 e. The van der Waals surface area contributed by atoms with Crippen LogP contribution < -0.4 is 5.43 Å². The molecule has 7 nitrogen and oxygen atoms in total. The van der Waals surface area contributed by atoms with Gasteiger partial charge in [0, 0.05) is 5.56 Å². The van der Waals surface area contributed by atoms with Crippen LogP contribution in [0.3, 0.4) is 0 Å². The number of amides is 1. The van der Waals surface area contributed by atoms with Gasteiger partial charge in [0.15, 0.2) is 5.58 Å². The highest BCUT2D eigenvalue weighted by molar-refractivity contribution is 7.99. The number of hydrogen-bond donors (Lipinski definition) is 1. The first-order chi connectivity index (χ1) is 14.1. The van der Waals surface area contributed by atoms with E-state index in [0.717, 1.165) is 28.2 Å². The molecule has 0 saturated heterocycles. The zero-order valence-corrected chi connectivity index (χ0v) is 16.8. The van der Waals surface area contributed by atoms with Crippen molar-refractivity contribution in [2.24, 2.45) is 5.10 Å². The summed E-state index contributed by atoms with van der Waals surface area (Å²) in [5.74, 6) is -0.0787. The van der Waals surface area contributed by atoms with Crippen molar-refractivity contribution in [3.05, 3.63) is 71.5 Å². The van der Waals surface area contributed by atoms with Gasteiger partial charge in [-0.3, -0.25) is 4.79 Å². The van der Waals surface area contributed by atoms with Crippen LogP contribution >= 0.6 is 11.8 Å². The maximum absolute atomic E-state index is 12.1. The molecule has 0 unspecified atom stereocenters. The van der Waals surface area contributed by atoms with Gasteiger partial charge in [0.25, 0.3) is 11.1 Å². The predicted octanol–water partition coefficient (Wildman–Crippen LogP) is 3.87. The number of benzene rings is 2. The molecule has 0 aliphatic rings. The number of nitrogens with one attached hydrogen (secondary N) is 1. The molecule has 4 aromatic rings.